The summed E-state index contributed by atoms with van der Waals surface area (Å²) in [5, 5.41) is 3.80. The van der Waals surface area contributed by atoms with Crippen LogP contribution in [0.4, 0.5) is 0 Å². The highest BCUT2D eigenvalue weighted by atomic mass is 35.5. The Labute approximate surface area is 136 Å². The van der Waals surface area contributed by atoms with Crippen LogP contribution in [0.5, 0.6) is 0 Å². The number of hydrogen-bond donors (Lipinski definition) is 1. The monoisotopic (exact) mass is 327 g/mol. The molecule has 0 aliphatic rings. The summed E-state index contributed by atoms with van der Waals surface area (Å²) in [5.74, 6) is 1.19. The van der Waals surface area contributed by atoms with Crippen molar-refractivity contribution in [2.24, 2.45) is 11.7 Å². The van der Waals surface area contributed by atoms with Crippen molar-refractivity contribution in [3.05, 3.63) is 30.2 Å². The molecule has 0 bridgehead atoms. The topological polar surface area (TPSA) is 85.5 Å². The first-order valence-corrected chi connectivity index (χ1v) is 7.00. The highest BCUT2D eigenvalue weighted by molar-refractivity contribution is 5.92. The molecule has 1 amide bonds. The molecule has 0 saturated carbocycles. The number of carbonyl (C=O) groups excluding carboxylic acids is 1. The van der Waals surface area contributed by atoms with E-state index < -0.39 is 0 Å². The van der Waals surface area contributed by atoms with E-state index in [0.717, 1.165) is 6.42 Å². The van der Waals surface area contributed by atoms with Crippen molar-refractivity contribution in [2.75, 3.05) is 13.6 Å². The second-order valence-corrected chi connectivity index (χ2v) is 5.48. The molecule has 0 saturated heterocycles. The predicted octanol–water partition coefficient (Wildman–Crippen LogP) is 2.80. The second kappa shape index (κ2) is 8.00. The summed E-state index contributed by atoms with van der Waals surface area (Å²) in [5.41, 5.74) is 6.25. The minimum Gasteiger partial charge on any atom is -0.461 e. The zero-order valence-electron chi connectivity index (χ0n) is 13.0. The van der Waals surface area contributed by atoms with E-state index in [1.807, 2.05) is 0 Å². The molecule has 7 heteroatoms. The average Bonchev–Trinajstić information content (AvgIpc) is 3.12. The number of hydrogen-bond acceptors (Lipinski definition) is 5. The van der Waals surface area contributed by atoms with Gasteiger partial charge in [0.1, 0.15) is 0 Å². The Bertz CT molecular complexity index is 581. The van der Waals surface area contributed by atoms with E-state index in [4.69, 9.17) is 14.7 Å². The van der Waals surface area contributed by atoms with Crippen molar-refractivity contribution < 1.29 is 13.7 Å². The van der Waals surface area contributed by atoms with Crippen molar-refractivity contribution in [3.8, 4) is 11.5 Å². The summed E-state index contributed by atoms with van der Waals surface area (Å²) in [6, 6.07) is 5.16. The van der Waals surface area contributed by atoms with Gasteiger partial charge in [-0.2, -0.15) is 0 Å². The quantitative estimate of drug-likeness (QED) is 0.881. The van der Waals surface area contributed by atoms with Crippen LogP contribution in [-0.2, 0) is 0 Å². The maximum absolute atomic E-state index is 12.2. The lowest BCUT2D eigenvalue weighted by Gasteiger charge is -2.20. The van der Waals surface area contributed by atoms with Crippen molar-refractivity contribution in [2.45, 2.75) is 26.3 Å². The number of aromatic nitrogens is 1. The van der Waals surface area contributed by atoms with Gasteiger partial charge in [0.15, 0.2) is 11.5 Å². The third-order valence-electron chi connectivity index (χ3n) is 3.49. The van der Waals surface area contributed by atoms with E-state index in [-0.39, 0.29) is 30.0 Å². The van der Waals surface area contributed by atoms with E-state index in [9.17, 15) is 4.79 Å². The summed E-state index contributed by atoms with van der Waals surface area (Å²) in [6.07, 6.45) is 2.29. The molecule has 0 aliphatic carbocycles. The smallest absolute Gasteiger partial charge is 0.275 e. The van der Waals surface area contributed by atoms with Crippen molar-refractivity contribution in [3.63, 3.8) is 0 Å². The lowest BCUT2D eigenvalue weighted by molar-refractivity contribution is 0.0779. The van der Waals surface area contributed by atoms with Crippen molar-refractivity contribution in [1.82, 2.24) is 10.1 Å². The van der Waals surface area contributed by atoms with Crippen LogP contribution in [0.1, 0.15) is 30.8 Å². The summed E-state index contributed by atoms with van der Waals surface area (Å²) in [6.45, 7) is 4.72. The Hall–Kier alpha value is -1.79. The lowest BCUT2D eigenvalue weighted by Crippen LogP contribution is -2.34. The molecule has 1 atom stereocenters. The second-order valence-electron chi connectivity index (χ2n) is 5.48. The maximum Gasteiger partial charge on any atom is 0.275 e. The van der Waals surface area contributed by atoms with Gasteiger partial charge in [-0.3, -0.25) is 4.79 Å². The van der Waals surface area contributed by atoms with Crippen LogP contribution in [0, 0.1) is 5.92 Å². The Balaban J connectivity index is 0.00000242. The van der Waals surface area contributed by atoms with Crippen LogP contribution in [0.2, 0.25) is 0 Å². The molecule has 6 nitrogen and oxygen atoms in total. The largest absolute Gasteiger partial charge is 0.461 e. The Morgan fingerprint density at radius 1 is 1.41 bits per heavy atom. The SMILES string of the molecule is CC(C)C(N)CCN(C)C(=O)c1cc(-c2ccco2)on1.Cl. The number of carbonyl (C=O) groups is 1. The van der Waals surface area contributed by atoms with Gasteiger partial charge in [0.05, 0.1) is 6.26 Å². The molecule has 2 aromatic heterocycles. The summed E-state index contributed by atoms with van der Waals surface area (Å²) < 4.78 is 10.3. The highest BCUT2D eigenvalue weighted by Crippen LogP contribution is 2.21. The van der Waals surface area contributed by atoms with Gasteiger partial charge in [0.25, 0.3) is 5.91 Å². The van der Waals surface area contributed by atoms with Gasteiger partial charge in [0.2, 0.25) is 5.76 Å². The first-order chi connectivity index (χ1) is 9.99. The molecule has 2 rings (SSSR count). The summed E-state index contributed by atoms with van der Waals surface area (Å²) in [4.78, 5) is 13.8. The fraction of sp³-hybridized carbons (Fsp3) is 0.467. The molecule has 0 aliphatic heterocycles. The Morgan fingerprint density at radius 3 is 2.73 bits per heavy atom. The zero-order valence-corrected chi connectivity index (χ0v) is 13.8. The predicted molar refractivity (Wildman–Crippen MR) is 85.8 cm³/mol. The van der Waals surface area contributed by atoms with E-state index in [0.29, 0.717) is 24.0 Å². The standard InChI is InChI=1S/C15H21N3O3.ClH/c1-10(2)11(16)6-7-18(3)15(19)12-9-14(21-17-12)13-5-4-8-20-13;/h4-5,8-11H,6-7,16H2,1-3H3;1H. The number of rotatable bonds is 6. The van der Waals surface area contributed by atoms with Crippen LogP contribution in [-0.4, -0.2) is 35.6 Å². The van der Waals surface area contributed by atoms with Crippen molar-refractivity contribution in [1.29, 1.82) is 0 Å². The maximum atomic E-state index is 12.2. The lowest BCUT2D eigenvalue weighted by atomic mass is 10.0. The van der Waals surface area contributed by atoms with Gasteiger partial charge in [-0.15, -0.1) is 12.4 Å². The normalized spacial score (nSPS) is 12.0. The first kappa shape index (κ1) is 18.3. The summed E-state index contributed by atoms with van der Waals surface area (Å²) in [7, 11) is 1.73. The first-order valence-electron chi connectivity index (χ1n) is 7.00. The summed E-state index contributed by atoms with van der Waals surface area (Å²) >= 11 is 0. The Kier molecular flexibility index (Phi) is 6.64. The van der Waals surface area contributed by atoms with Gasteiger partial charge >= 0.3 is 0 Å². The number of halogens is 1. The van der Waals surface area contributed by atoms with Crippen LogP contribution in [0.25, 0.3) is 11.5 Å². The van der Waals surface area contributed by atoms with Gasteiger partial charge in [0, 0.05) is 25.7 Å². The van der Waals surface area contributed by atoms with E-state index in [1.165, 1.54) is 0 Å². The van der Waals surface area contributed by atoms with Crippen LogP contribution in [0.15, 0.2) is 33.4 Å². The van der Waals surface area contributed by atoms with Gasteiger partial charge < -0.3 is 19.6 Å². The Morgan fingerprint density at radius 2 is 2.14 bits per heavy atom. The van der Waals surface area contributed by atoms with E-state index in [1.54, 1.807) is 36.4 Å². The molecule has 22 heavy (non-hydrogen) atoms. The highest BCUT2D eigenvalue weighted by Gasteiger charge is 2.19. The molecule has 0 fully saturated rings. The molecule has 0 radical (unpaired) electrons. The molecule has 2 heterocycles. The molecule has 1 unspecified atom stereocenters. The minimum atomic E-state index is -0.187. The van der Waals surface area contributed by atoms with Crippen molar-refractivity contribution >= 4 is 18.3 Å². The zero-order chi connectivity index (χ0) is 15.4. The molecule has 2 aromatic rings. The minimum absolute atomic E-state index is 0. The average molecular weight is 328 g/mol. The van der Waals surface area contributed by atoms with Crippen LogP contribution < -0.4 is 5.73 Å². The molecule has 0 aromatic carbocycles. The number of nitrogens with two attached hydrogens (primary N) is 1. The number of furan rings is 1. The molecule has 2 N–H and O–H groups in total. The third kappa shape index (κ3) is 4.35. The third-order valence-corrected chi connectivity index (χ3v) is 3.49. The van der Waals surface area contributed by atoms with Crippen LogP contribution in [0.3, 0.4) is 0 Å². The van der Waals surface area contributed by atoms with E-state index >= 15 is 0 Å². The van der Waals surface area contributed by atoms with Gasteiger partial charge in [-0.1, -0.05) is 19.0 Å². The molecular weight excluding hydrogens is 306 g/mol. The van der Waals surface area contributed by atoms with Gasteiger partial charge in [-0.25, -0.2) is 0 Å². The van der Waals surface area contributed by atoms with E-state index in [2.05, 4.69) is 19.0 Å². The molecule has 0 spiro atoms. The molecular formula is C15H22ClN3O3. The fourth-order valence-corrected chi connectivity index (χ4v) is 1.88. The number of amides is 1. The van der Waals surface area contributed by atoms with Crippen LogP contribution >= 0.6 is 12.4 Å². The number of nitrogens with zero attached hydrogens (tertiary/aromatic N) is 2. The molecule has 122 valence electrons. The van der Waals surface area contributed by atoms with Gasteiger partial charge in [-0.05, 0) is 24.5 Å². The fourth-order valence-electron chi connectivity index (χ4n) is 1.88.